The molecule has 0 unspecified atom stereocenters. The zero-order valence-corrected chi connectivity index (χ0v) is 23.2. The Morgan fingerprint density at radius 1 is 1.11 bits per heavy atom. The average molecular weight is 556 g/mol. The van der Waals surface area contributed by atoms with Crippen LogP contribution in [-0.2, 0) is 9.59 Å². The Bertz CT molecular complexity index is 1250. The quantitative estimate of drug-likeness (QED) is 0.483. The zero-order valence-electron chi connectivity index (χ0n) is 21.7. The van der Waals surface area contributed by atoms with Crippen LogP contribution in [0.2, 0.25) is 10.0 Å². The van der Waals surface area contributed by atoms with Gasteiger partial charge in [0.1, 0.15) is 12.2 Å². The maximum atomic E-state index is 13.7. The summed E-state index contributed by atoms with van der Waals surface area (Å²) in [6, 6.07) is 11.1. The van der Waals surface area contributed by atoms with Crippen LogP contribution in [0.3, 0.4) is 0 Å². The Morgan fingerprint density at radius 2 is 1.84 bits per heavy atom. The Hall–Kier alpha value is -2.82. The molecule has 200 valence electrons. The molecule has 3 fully saturated rings. The van der Waals surface area contributed by atoms with E-state index in [1.807, 2.05) is 35.8 Å². The molecule has 2 saturated heterocycles. The van der Waals surface area contributed by atoms with E-state index < -0.39 is 0 Å². The maximum Gasteiger partial charge on any atom is 0.228 e. The number of piperidine rings is 1. The van der Waals surface area contributed by atoms with Crippen LogP contribution in [0.1, 0.15) is 56.6 Å². The fourth-order valence-electron chi connectivity index (χ4n) is 5.75. The molecule has 3 atom stereocenters. The molecule has 3 aliphatic rings. The van der Waals surface area contributed by atoms with Crippen molar-refractivity contribution in [3.05, 3.63) is 57.7 Å². The van der Waals surface area contributed by atoms with Crippen molar-refractivity contribution in [2.45, 2.75) is 51.6 Å². The van der Waals surface area contributed by atoms with Crippen molar-refractivity contribution in [2.24, 2.45) is 17.3 Å². The molecule has 0 spiro atoms. The van der Waals surface area contributed by atoms with Crippen LogP contribution in [-0.4, -0.2) is 58.9 Å². The monoisotopic (exact) mass is 554 g/mol. The molecular weight excluding hydrogens is 523 g/mol. The minimum atomic E-state index is -0.244. The van der Waals surface area contributed by atoms with Gasteiger partial charge in [-0.3, -0.25) is 9.59 Å². The number of nitriles is 1. The van der Waals surface area contributed by atoms with Crippen molar-refractivity contribution in [2.75, 3.05) is 26.2 Å². The molecule has 38 heavy (non-hydrogen) atoms. The van der Waals surface area contributed by atoms with Gasteiger partial charge in [0, 0.05) is 61.6 Å². The van der Waals surface area contributed by atoms with Crippen LogP contribution in [0.5, 0.6) is 5.88 Å². The Kier molecular flexibility index (Phi) is 7.57. The molecule has 1 aromatic heterocycles. The largest absolute Gasteiger partial charge is 0.474 e. The maximum absolute atomic E-state index is 13.7. The van der Waals surface area contributed by atoms with Gasteiger partial charge in [-0.05, 0) is 56.4 Å². The fraction of sp³-hybridized carbons (Fsp3) is 0.517. The molecule has 1 saturated carbocycles. The molecule has 2 amide bonds. The minimum absolute atomic E-state index is 0.00474. The van der Waals surface area contributed by atoms with Crippen LogP contribution in [0.15, 0.2) is 36.5 Å². The van der Waals surface area contributed by atoms with E-state index in [9.17, 15) is 9.59 Å². The van der Waals surface area contributed by atoms with Gasteiger partial charge in [0.15, 0.2) is 0 Å². The molecular formula is C29H32Cl2N4O3. The summed E-state index contributed by atoms with van der Waals surface area (Å²) in [5.74, 6) is 0.757. The smallest absolute Gasteiger partial charge is 0.228 e. The first-order valence-electron chi connectivity index (χ1n) is 13.2. The summed E-state index contributed by atoms with van der Waals surface area (Å²) >= 11 is 12.5. The lowest BCUT2D eigenvalue weighted by atomic mass is 9.86. The minimum Gasteiger partial charge on any atom is -0.474 e. The van der Waals surface area contributed by atoms with E-state index in [2.05, 4.69) is 11.1 Å². The van der Waals surface area contributed by atoms with Crippen LogP contribution < -0.4 is 4.74 Å². The first kappa shape index (κ1) is 26.8. The number of ether oxygens (including phenoxy) is 1. The number of benzene rings is 1. The van der Waals surface area contributed by atoms with Gasteiger partial charge in [-0.15, -0.1) is 0 Å². The normalized spacial score (nSPS) is 23.6. The molecule has 2 aromatic rings. The van der Waals surface area contributed by atoms with Crippen LogP contribution in [0.4, 0.5) is 0 Å². The first-order chi connectivity index (χ1) is 18.2. The number of likely N-dealkylation sites (tertiary alicyclic amines) is 2. The second-order valence-electron chi connectivity index (χ2n) is 11.1. The molecule has 1 aliphatic carbocycles. The van der Waals surface area contributed by atoms with Gasteiger partial charge in [0.2, 0.25) is 17.7 Å². The summed E-state index contributed by atoms with van der Waals surface area (Å²) in [5, 5.41) is 10.0. The van der Waals surface area contributed by atoms with Gasteiger partial charge in [0.25, 0.3) is 0 Å². The number of nitrogens with zero attached hydrogens (tertiary/aromatic N) is 4. The lowest BCUT2D eigenvalue weighted by Crippen LogP contribution is -2.46. The number of hydrogen-bond donors (Lipinski definition) is 0. The SMILES string of the molecule is C[C@@H](Oc1ccc(C#N)cn1)[C@H]1CN(C(=O)C2CCN(C(=O)C3(C)CC3)CC2)C[C@@H]1c1ccc(Cl)c(Cl)c1. The van der Waals surface area contributed by atoms with Crippen molar-refractivity contribution in [3.8, 4) is 11.9 Å². The summed E-state index contributed by atoms with van der Waals surface area (Å²) in [6.45, 7) is 6.43. The fourth-order valence-corrected chi connectivity index (χ4v) is 6.05. The number of carbonyl (C=O) groups is 2. The molecule has 0 radical (unpaired) electrons. The number of aromatic nitrogens is 1. The highest BCUT2D eigenvalue weighted by Crippen LogP contribution is 2.47. The molecule has 3 heterocycles. The summed E-state index contributed by atoms with van der Waals surface area (Å²) in [7, 11) is 0. The molecule has 2 aliphatic heterocycles. The third-order valence-corrected chi connectivity index (χ3v) is 9.21. The van der Waals surface area contributed by atoms with E-state index in [1.54, 1.807) is 18.2 Å². The number of pyridine rings is 1. The zero-order chi connectivity index (χ0) is 27.0. The van der Waals surface area contributed by atoms with Crippen LogP contribution in [0.25, 0.3) is 0 Å². The van der Waals surface area contributed by atoms with Gasteiger partial charge >= 0.3 is 0 Å². The standard InChI is InChI=1S/C29H32Cl2N4O3/c1-18(38-26-6-3-19(14-32)15-33-26)22-16-35(17-23(22)21-4-5-24(30)25(31)13-21)27(36)20-7-11-34(12-8-20)28(37)29(2)9-10-29/h3-6,13,15,18,20,22-23H,7-12,16-17H2,1-2H3/t18-,22-,23-/m1/s1. The van der Waals surface area contributed by atoms with E-state index in [1.165, 1.54) is 6.20 Å². The summed E-state index contributed by atoms with van der Waals surface area (Å²) < 4.78 is 6.19. The number of halogens is 2. The van der Waals surface area contributed by atoms with Gasteiger partial charge < -0.3 is 14.5 Å². The Morgan fingerprint density at radius 3 is 2.45 bits per heavy atom. The van der Waals surface area contributed by atoms with Gasteiger partial charge in [-0.1, -0.05) is 36.2 Å². The molecule has 1 aromatic carbocycles. The van der Waals surface area contributed by atoms with Gasteiger partial charge in [-0.2, -0.15) is 5.26 Å². The first-order valence-corrected chi connectivity index (χ1v) is 14.0. The van der Waals surface area contributed by atoms with E-state index in [-0.39, 0.29) is 41.1 Å². The molecule has 0 N–H and O–H groups in total. The Labute approximate surface area is 233 Å². The summed E-state index contributed by atoms with van der Waals surface area (Å²) in [5.41, 5.74) is 1.31. The highest BCUT2D eigenvalue weighted by atomic mass is 35.5. The van der Waals surface area contributed by atoms with E-state index in [0.29, 0.717) is 60.5 Å². The lowest BCUT2D eigenvalue weighted by molar-refractivity contribution is -0.142. The highest BCUT2D eigenvalue weighted by Gasteiger charge is 2.48. The lowest BCUT2D eigenvalue weighted by Gasteiger charge is -2.34. The molecule has 7 nitrogen and oxygen atoms in total. The van der Waals surface area contributed by atoms with Crippen LogP contribution in [0, 0.1) is 28.6 Å². The predicted octanol–water partition coefficient (Wildman–Crippen LogP) is 5.31. The molecule has 9 heteroatoms. The van der Waals surface area contributed by atoms with E-state index in [4.69, 9.17) is 33.2 Å². The second-order valence-corrected chi connectivity index (χ2v) is 11.9. The third kappa shape index (κ3) is 5.48. The summed E-state index contributed by atoms with van der Waals surface area (Å²) in [4.78, 5) is 34.6. The third-order valence-electron chi connectivity index (χ3n) is 8.47. The number of rotatable bonds is 6. The number of hydrogen-bond acceptors (Lipinski definition) is 5. The second kappa shape index (κ2) is 10.7. The van der Waals surface area contributed by atoms with Gasteiger partial charge in [-0.25, -0.2) is 4.98 Å². The summed E-state index contributed by atoms with van der Waals surface area (Å²) in [6.07, 6.45) is 4.57. The van der Waals surface area contributed by atoms with Crippen LogP contribution >= 0.6 is 23.2 Å². The van der Waals surface area contributed by atoms with Crippen molar-refractivity contribution in [1.29, 1.82) is 5.26 Å². The van der Waals surface area contributed by atoms with Crippen molar-refractivity contribution >= 4 is 35.0 Å². The van der Waals surface area contributed by atoms with E-state index in [0.717, 1.165) is 18.4 Å². The van der Waals surface area contributed by atoms with Crippen molar-refractivity contribution in [3.63, 3.8) is 0 Å². The average Bonchev–Trinajstić information content (AvgIpc) is 3.52. The van der Waals surface area contributed by atoms with Crippen molar-refractivity contribution < 1.29 is 14.3 Å². The molecule has 0 bridgehead atoms. The number of carbonyl (C=O) groups excluding carboxylic acids is 2. The predicted molar refractivity (Wildman–Crippen MR) is 145 cm³/mol. The Balaban J connectivity index is 1.29. The molecule has 5 rings (SSSR count). The topological polar surface area (TPSA) is 86.5 Å². The highest BCUT2D eigenvalue weighted by molar-refractivity contribution is 6.42. The number of amides is 2. The van der Waals surface area contributed by atoms with Gasteiger partial charge in [0.05, 0.1) is 15.6 Å². The van der Waals surface area contributed by atoms with Crippen molar-refractivity contribution in [1.82, 2.24) is 14.8 Å². The van der Waals surface area contributed by atoms with E-state index >= 15 is 0 Å².